The highest BCUT2D eigenvalue weighted by atomic mass is 16.6. The molecule has 1 aliphatic rings. The molecule has 7 heteroatoms. The summed E-state index contributed by atoms with van der Waals surface area (Å²) < 4.78 is 5.26. The molecule has 1 aromatic rings. The molecule has 1 aromatic carbocycles. The first-order valence-electron chi connectivity index (χ1n) is 8.01. The van der Waals surface area contributed by atoms with Crippen molar-refractivity contribution < 1.29 is 19.4 Å². The van der Waals surface area contributed by atoms with Gasteiger partial charge in [0.2, 0.25) is 0 Å². The molecule has 0 aromatic heterocycles. The van der Waals surface area contributed by atoms with E-state index in [-0.39, 0.29) is 5.56 Å². The number of carboxylic acids is 1. The number of carbonyl (C=O) groups is 2. The van der Waals surface area contributed by atoms with E-state index in [0.29, 0.717) is 11.3 Å². The first-order chi connectivity index (χ1) is 11.2. The normalized spacial score (nSPS) is 15.1. The van der Waals surface area contributed by atoms with Crippen LogP contribution in [0, 0.1) is 6.92 Å². The molecule has 1 fully saturated rings. The molecule has 132 valence electrons. The number of carboxylic acid groups (broad SMARTS) is 1. The number of ether oxygens (including phenoxy) is 1. The van der Waals surface area contributed by atoms with Crippen LogP contribution < -0.4 is 15.5 Å². The van der Waals surface area contributed by atoms with Crippen LogP contribution in [-0.2, 0) is 4.74 Å². The number of carbonyl (C=O) groups excluding carboxylic acids is 1. The molecule has 0 aliphatic carbocycles. The van der Waals surface area contributed by atoms with Gasteiger partial charge >= 0.3 is 12.1 Å². The van der Waals surface area contributed by atoms with Crippen LogP contribution in [-0.4, -0.2) is 48.9 Å². The Balaban J connectivity index is 2.32. The van der Waals surface area contributed by atoms with Crippen molar-refractivity contribution in [3.8, 4) is 0 Å². The number of nitrogens with zero attached hydrogens (tertiary/aromatic N) is 1. The summed E-state index contributed by atoms with van der Waals surface area (Å²) in [6.07, 6.45) is -0.598. The van der Waals surface area contributed by atoms with E-state index in [0.717, 1.165) is 31.9 Å². The largest absolute Gasteiger partial charge is 0.478 e. The number of hydrogen-bond acceptors (Lipinski definition) is 5. The van der Waals surface area contributed by atoms with Crippen molar-refractivity contribution in [1.82, 2.24) is 5.32 Å². The standard InChI is InChI=1S/C17H25N3O4/c1-11-13(15(21)22)9-12(20-7-5-18-6-8-20)10-14(11)19-16(23)24-17(2,3)4/h9-10,18H,5-8H2,1-4H3,(H,19,23)(H,21,22). The number of aromatic carboxylic acids is 1. The van der Waals surface area contributed by atoms with E-state index in [2.05, 4.69) is 15.5 Å². The van der Waals surface area contributed by atoms with Crippen LogP contribution in [0.25, 0.3) is 0 Å². The van der Waals surface area contributed by atoms with E-state index in [1.807, 2.05) is 0 Å². The van der Waals surface area contributed by atoms with Gasteiger partial charge in [-0.3, -0.25) is 5.32 Å². The van der Waals surface area contributed by atoms with Crippen molar-refractivity contribution in [3.63, 3.8) is 0 Å². The molecule has 3 N–H and O–H groups in total. The Morgan fingerprint density at radius 2 is 1.88 bits per heavy atom. The molecule has 0 bridgehead atoms. The van der Waals surface area contributed by atoms with Gasteiger partial charge in [0, 0.05) is 37.6 Å². The number of rotatable bonds is 3. The molecule has 24 heavy (non-hydrogen) atoms. The summed E-state index contributed by atoms with van der Waals surface area (Å²) in [6, 6.07) is 3.46. The van der Waals surface area contributed by atoms with E-state index in [1.54, 1.807) is 39.8 Å². The second-order valence-corrected chi connectivity index (χ2v) is 6.83. The minimum Gasteiger partial charge on any atom is -0.478 e. The fraction of sp³-hybridized carbons (Fsp3) is 0.529. The van der Waals surface area contributed by atoms with E-state index in [9.17, 15) is 14.7 Å². The Morgan fingerprint density at radius 3 is 2.42 bits per heavy atom. The predicted octanol–water partition coefficient (Wildman–Crippen LogP) is 2.45. The lowest BCUT2D eigenvalue weighted by molar-refractivity contribution is 0.0632. The highest BCUT2D eigenvalue weighted by Gasteiger charge is 2.21. The highest BCUT2D eigenvalue weighted by Crippen LogP contribution is 2.28. The summed E-state index contributed by atoms with van der Waals surface area (Å²) >= 11 is 0. The van der Waals surface area contributed by atoms with Crippen LogP contribution in [0.2, 0.25) is 0 Å². The second kappa shape index (κ2) is 7.09. The van der Waals surface area contributed by atoms with Crippen LogP contribution in [0.3, 0.4) is 0 Å². The maximum absolute atomic E-state index is 12.0. The molecule has 0 spiro atoms. The Bertz CT molecular complexity index is 631. The van der Waals surface area contributed by atoms with Crippen molar-refractivity contribution in [1.29, 1.82) is 0 Å². The third-order valence-corrected chi connectivity index (χ3v) is 3.74. The van der Waals surface area contributed by atoms with Gasteiger partial charge in [0.25, 0.3) is 0 Å². The van der Waals surface area contributed by atoms with E-state index in [4.69, 9.17) is 4.74 Å². The molecule has 1 amide bonds. The molecule has 1 aliphatic heterocycles. The van der Waals surface area contributed by atoms with E-state index >= 15 is 0 Å². The van der Waals surface area contributed by atoms with Gasteiger partial charge in [-0.25, -0.2) is 9.59 Å². The summed E-state index contributed by atoms with van der Waals surface area (Å²) in [5.41, 5.74) is 1.30. The molecule has 7 nitrogen and oxygen atoms in total. The van der Waals surface area contributed by atoms with Gasteiger partial charge in [0.15, 0.2) is 0 Å². The third-order valence-electron chi connectivity index (χ3n) is 3.74. The molecule has 0 unspecified atom stereocenters. The topological polar surface area (TPSA) is 90.9 Å². The lowest BCUT2D eigenvalue weighted by Crippen LogP contribution is -2.43. The maximum atomic E-state index is 12.0. The SMILES string of the molecule is Cc1c(NC(=O)OC(C)(C)C)cc(N2CCNCC2)cc1C(=O)O. The van der Waals surface area contributed by atoms with Gasteiger partial charge in [-0.2, -0.15) is 0 Å². The first-order valence-corrected chi connectivity index (χ1v) is 8.01. The molecule has 2 rings (SSSR count). The second-order valence-electron chi connectivity index (χ2n) is 6.83. The smallest absolute Gasteiger partial charge is 0.412 e. The van der Waals surface area contributed by atoms with Crippen LogP contribution in [0.5, 0.6) is 0 Å². The molecular weight excluding hydrogens is 310 g/mol. The Morgan fingerprint density at radius 1 is 1.25 bits per heavy atom. The molecule has 0 atom stereocenters. The Kier molecular flexibility index (Phi) is 5.33. The minimum atomic E-state index is -1.02. The van der Waals surface area contributed by atoms with Crippen molar-refractivity contribution in [3.05, 3.63) is 23.3 Å². The number of hydrogen-bond donors (Lipinski definition) is 3. The average molecular weight is 335 g/mol. The zero-order chi connectivity index (χ0) is 17.9. The van der Waals surface area contributed by atoms with Gasteiger partial charge < -0.3 is 20.1 Å². The van der Waals surface area contributed by atoms with Gasteiger partial charge in [-0.05, 0) is 45.4 Å². The fourth-order valence-corrected chi connectivity index (χ4v) is 2.57. The Labute approximate surface area is 142 Å². The molecule has 1 saturated heterocycles. The zero-order valence-corrected chi connectivity index (χ0v) is 14.6. The van der Waals surface area contributed by atoms with Gasteiger partial charge in [0.1, 0.15) is 5.60 Å². The van der Waals surface area contributed by atoms with Crippen LogP contribution in [0.1, 0.15) is 36.7 Å². The number of piperazine rings is 1. The summed E-state index contributed by atoms with van der Waals surface area (Å²) in [5, 5.41) is 15.4. The number of nitrogens with one attached hydrogen (secondary N) is 2. The van der Waals surface area contributed by atoms with E-state index in [1.165, 1.54) is 0 Å². The van der Waals surface area contributed by atoms with Crippen molar-refractivity contribution in [2.24, 2.45) is 0 Å². The molecule has 1 heterocycles. The lowest BCUT2D eigenvalue weighted by atomic mass is 10.0. The predicted molar refractivity (Wildman–Crippen MR) is 93.1 cm³/mol. The van der Waals surface area contributed by atoms with Crippen LogP contribution >= 0.6 is 0 Å². The van der Waals surface area contributed by atoms with Crippen molar-refractivity contribution in [2.75, 3.05) is 36.4 Å². The average Bonchev–Trinajstić information content (AvgIpc) is 2.48. The molecule has 0 saturated carbocycles. The zero-order valence-electron chi connectivity index (χ0n) is 14.6. The van der Waals surface area contributed by atoms with Crippen LogP contribution in [0.4, 0.5) is 16.2 Å². The first kappa shape index (κ1) is 18.1. The molecule has 0 radical (unpaired) electrons. The summed E-state index contributed by atoms with van der Waals surface area (Å²) in [4.78, 5) is 25.7. The van der Waals surface area contributed by atoms with Crippen molar-refractivity contribution in [2.45, 2.75) is 33.3 Å². The Hall–Kier alpha value is -2.28. The van der Waals surface area contributed by atoms with Crippen molar-refractivity contribution >= 4 is 23.4 Å². The monoisotopic (exact) mass is 335 g/mol. The quantitative estimate of drug-likeness (QED) is 0.786. The highest BCUT2D eigenvalue weighted by molar-refractivity contribution is 5.96. The van der Waals surface area contributed by atoms with Gasteiger partial charge in [-0.1, -0.05) is 0 Å². The van der Waals surface area contributed by atoms with Crippen LogP contribution in [0.15, 0.2) is 12.1 Å². The number of benzene rings is 1. The summed E-state index contributed by atoms with van der Waals surface area (Å²) in [7, 11) is 0. The summed E-state index contributed by atoms with van der Waals surface area (Å²) in [6.45, 7) is 10.3. The number of anilines is 2. The maximum Gasteiger partial charge on any atom is 0.412 e. The number of amides is 1. The lowest BCUT2D eigenvalue weighted by Gasteiger charge is -2.30. The van der Waals surface area contributed by atoms with E-state index < -0.39 is 17.7 Å². The van der Waals surface area contributed by atoms with Gasteiger partial charge in [0.05, 0.1) is 5.56 Å². The minimum absolute atomic E-state index is 0.178. The fourth-order valence-electron chi connectivity index (χ4n) is 2.57. The molecular formula is C17H25N3O4. The van der Waals surface area contributed by atoms with Gasteiger partial charge in [-0.15, -0.1) is 0 Å². The summed E-state index contributed by atoms with van der Waals surface area (Å²) in [5.74, 6) is -1.02. The third kappa shape index (κ3) is 4.61.